The van der Waals surface area contributed by atoms with Crippen LogP contribution in [0.5, 0.6) is 0 Å². The van der Waals surface area contributed by atoms with E-state index in [1.165, 1.54) is 0 Å². The second-order valence-electron chi connectivity index (χ2n) is 5.95. The summed E-state index contributed by atoms with van der Waals surface area (Å²) in [5.41, 5.74) is 2.12. The zero-order valence-electron chi connectivity index (χ0n) is 13.2. The number of carbonyl (C=O) groups is 1. The van der Waals surface area contributed by atoms with E-state index < -0.39 is 0 Å². The minimum Gasteiger partial charge on any atom is -0.342 e. The number of aromatic nitrogens is 2. The van der Waals surface area contributed by atoms with Gasteiger partial charge in [-0.25, -0.2) is 4.98 Å². The molecule has 1 aromatic heterocycles. The average molecular weight is 297 g/mol. The first-order valence-corrected chi connectivity index (χ1v) is 8.08. The number of nitrogens with zero attached hydrogens (tertiary/aromatic N) is 3. The Morgan fingerprint density at radius 2 is 2.23 bits per heavy atom. The third-order valence-corrected chi connectivity index (χ3v) is 4.36. The third kappa shape index (κ3) is 2.65. The van der Waals surface area contributed by atoms with Crippen molar-refractivity contribution in [1.82, 2.24) is 14.5 Å². The van der Waals surface area contributed by atoms with Crippen LogP contribution in [0, 0.1) is 0 Å². The monoisotopic (exact) mass is 297 g/mol. The number of carbonyl (C=O) groups excluding carboxylic acids is 1. The molecular weight excluding hydrogens is 274 g/mol. The molecule has 1 saturated heterocycles. The van der Waals surface area contributed by atoms with Crippen LogP contribution in [-0.4, -0.2) is 33.4 Å². The van der Waals surface area contributed by atoms with Gasteiger partial charge in [0.2, 0.25) is 5.91 Å². The van der Waals surface area contributed by atoms with Gasteiger partial charge >= 0.3 is 0 Å². The van der Waals surface area contributed by atoms with Crippen molar-refractivity contribution in [2.75, 3.05) is 13.1 Å². The molecule has 1 aliphatic rings. The van der Waals surface area contributed by atoms with Gasteiger partial charge in [-0.05, 0) is 18.6 Å². The van der Waals surface area contributed by atoms with Gasteiger partial charge in [-0.3, -0.25) is 4.79 Å². The number of hydrogen-bond acceptors (Lipinski definition) is 2. The van der Waals surface area contributed by atoms with E-state index >= 15 is 0 Å². The first-order chi connectivity index (χ1) is 10.7. The van der Waals surface area contributed by atoms with Gasteiger partial charge < -0.3 is 9.47 Å². The van der Waals surface area contributed by atoms with Crippen LogP contribution in [0.25, 0.3) is 11.0 Å². The fraction of sp³-hybridized carbons (Fsp3) is 0.444. The number of para-hydroxylation sites is 2. The molecule has 1 unspecified atom stereocenters. The highest BCUT2D eigenvalue weighted by atomic mass is 16.2. The Kier molecular flexibility index (Phi) is 4.27. The van der Waals surface area contributed by atoms with Crippen molar-refractivity contribution in [2.45, 2.75) is 38.6 Å². The number of imidazole rings is 1. The lowest BCUT2D eigenvalue weighted by Crippen LogP contribution is -2.26. The molecule has 1 fully saturated rings. The Bertz CT molecular complexity index is 689. The average Bonchev–Trinajstić information content (AvgIpc) is 3.07. The second kappa shape index (κ2) is 6.34. The van der Waals surface area contributed by atoms with Crippen LogP contribution >= 0.6 is 0 Å². The van der Waals surface area contributed by atoms with Crippen LogP contribution in [0.1, 0.15) is 37.9 Å². The van der Waals surface area contributed by atoms with Gasteiger partial charge in [-0.15, -0.1) is 6.58 Å². The van der Waals surface area contributed by atoms with E-state index in [1.807, 2.05) is 29.2 Å². The van der Waals surface area contributed by atoms with Crippen LogP contribution in [0.4, 0.5) is 0 Å². The molecule has 0 N–H and O–H groups in total. The maximum Gasteiger partial charge on any atom is 0.223 e. The molecule has 116 valence electrons. The van der Waals surface area contributed by atoms with Crippen molar-refractivity contribution < 1.29 is 4.79 Å². The predicted octanol–water partition coefficient (Wildman–Crippen LogP) is 3.34. The molecule has 0 spiro atoms. The summed E-state index contributed by atoms with van der Waals surface area (Å²) in [5.74, 6) is 1.47. The Labute approximate surface area is 131 Å². The van der Waals surface area contributed by atoms with Crippen LogP contribution in [-0.2, 0) is 11.3 Å². The maximum atomic E-state index is 12.2. The molecule has 1 aromatic carbocycles. The highest BCUT2D eigenvalue weighted by Crippen LogP contribution is 2.30. The summed E-state index contributed by atoms with van der Waals surface area (Å²) >= 11 is 0. The largest absolute Gasteiger partial charge is 0.342 e. The van der Waals surface area contributed by atoms with Gasteiger partial charge in [-0.1, -0.05) is 31.6 Å². The van der Waals surface area contributed by atoms with Crippen molar-refractivity contribution in [3.8, 4) is 0 Å². The summed E-state index contributed by atoms with van der Waals surface area (Å²) in [6, 6.07) is 8.15. The highest BCUT2D eigenvalue weighted by Gasteiger charge is 2.33. The summed E-state index contributed by atoms with van der Waals surface area (Å²) in [4.78, 5) is 19.0. The van der Waals surface area contributed by atoms with E-state index in [-0.39, 0.29) is 11.8 Å². The van der Waals surface area contributed by atoms with Gasteiger partial charge in [0.1, 0.15) is 5.82 Å². The van der Waals surface area contributed by atoms with Gasteiger partial charge in [0, 0.05) is 32.0 Å². The van der Waals surface area contributed by atoms with E-state index in [0.717, 1.165) is 49.3 Å². The lowest BCUT2D eigenvalue weighted by molar-refractivity contribution is -0.127. The normalized spacial score (nSPS) is 18.3. The minimum atomic E-state index is 0.191. The maximum absolute atomic E-state index is 12.2. The molecule has 1 amide bonds. The van der Waals surface area contributed by atoms with Gasteiger partial charge in [0.05, 0.1) is 11.0 Å². The summed E-state index contributed by atoms with van der Waals surface area (Å²) in [6.45, 7) is 8.40. The molecule has 1 aliphatic heterocycles. The number of allylic oxidation sites excluding steroid dienone is 1. The summed E-state index contributed by atoms with van der Waals surface area (Å²) in [7, 11) is 0. The molecule has 0 bridgehead atoms. The molecule has 3 rings (SSSR count). The second-order valence-corrected chi connectivity index (χ2v) is 5.95. The fourth-order valence-electron chi connectivity index (χ4n) is 3.24. The quantitative estimate of drug-likeness (QED) is 0.767. The van der Waals surface area contributed by atoms with Crippen molar-refractivity contribution in [1.29, 1.82) is 0 Å². The van der Waals surface area contributed by atoms with E-state index in [2.05, 4.69) is 24.1 Å². The molecule has 2 heterocycles. The van der Waals surface area contributed by atoms with Crippen molar-refractivity contribution in [3.05, 3.63) is 42.7 Å². The highest BCUT2D eigenvalue weighted by molar-refractivity contribution is 5.80. The van der Waals surface area contributed by atoms with Crippen LogP contribution in [0.15, 0.2) is 36.9 Å². The number of benzene rings is 1. The van der Waals surface area contributed by atoms with Crippen molar-refractivity contribution in [2.24, 2.45) is 0 Å². The third-order valence-electron chi connectivity index (χ3n) is 4.36. The van der Waals surface area contributed by atoms with E-state index in [1.54, 1.807) is 0 Å². The Morgan fingerprint density at radius 1 is 1.41 bits per heavy atom. The predicted molar refractivity (Wildman–Crippen MR) is 88.8 cm³/mol. The van der Waals surface area contributed by atoms with Gasteiger partial charge in [-0.2, -0.15) is 0 Å². The van der Waals surface area contributed by atoms with Crippen molar-refractivity contribution in [3.63, 3.8) is 0 Å². The molecule has 0 radical (unpaired) electrons. The van der Waals surface area contributed by atoms with Crippen LogP contribution in [0.2, 0.25) is 0 Å². The molecule has 2 aromatic rings. The molecule has 22 heavy (non-hydrogen) atoms. The number of likely N-dealkylation sites (tertiary alicyclic amines) is 1. The zero-order chi connectivity index (χ0) is 15.5. The lowest BCUT2D eigenvalue weighted by atomic mass is 10.1. The number of amides is 1. The number of rotatable bonds is 6. The number of unbranched alkanes of at least 4 members (excludes halogenated alkanes) is 1. The smallest absolute Gasteiger partial charge is 0.223 e. The van der Waals surface area contributed by atoms with Gasteiger partial charge in [0.15, 0.2) is 0 Å². The van der Waals surface area contributed by atoms with Gasteiger partial charge in [0.25, 0.3) is 0 Å². The Balaban J connectivity index is 1.91. The van der Waals surface area contributed by atoms with Crippen molar-refractivity contribution >= 4 is 16.9 Å². The summed E-state index contributed by atoms with van der Waals surface area (Å²) in [5, 5.41) is 0. The number of fused-ring (bicyclic) bond motifs is 1. The first kappa shape index (κ1) is 14.8. The minimum absolute atomic E-state index is 0.191. The lowest BCUT2D eigenvalue weighted by Gasteiger charge is -2.16. The molecule has 0 aliphatic carbocycles. The topological polar surface area (TPSA) is 38.1 Å². The Morgan fingerprint density at radius 3 is 3.00 bits per heavy atom. The van der Waals surface area contributed by atoms with E-state index in [4.69, 9.17) is 4.98 Å². The molecule has 4 heteroatoms. The fourth-order valence-corrected chi connectivity index (χ4v) is 3.24. The summed E-state index contributed by atoms with van der Waals surface area (Å²) in [6.07, 6.45) is 4.65. The summed E-state index contributed by atoms with van der Waals surface area (Å²) < 4.78 is 2.20. The van der Waals surface area contributed by atoms with E-state index in [9.17, 15) is 4.79 Å². The zero-order valence-corrected chi connectivity index (χ0v) is 13.2. The first-order valence-electron chi connectivity index (χ1n) is 8.08. The molecular formula is C18H23N3O. The van der Waals surface area contributed by atoms with E-state index in [0.29, 0.717) is 6.42 Å². The Hall–Kier alpha value is -2.10. The number of hydrogen-bond donors (Lipinski definition) is 0. The molecule has 1 atom stereocenters. The molecule has 0 saturated carbocycles. The SMILES string of the molecule is C=CCn1c(C2CC(=O)N(CCCC)C2)nc2ccccc21. The van der Waals surface area contributed by atoms with Crippen LogP contribution < -0.4 is 0 Å². The van der Waals surface area contributed by atoms with Crippen LogP contribution in [0.3, 0.4) is 0 Å². The standard InChI is InChI=1S/C18H23N3O/c1-3-5-11-20-13-14(12-17(20)22)18-19-15-8-6-7-9-16(15)21(18)10-4-2/h4,6-9,14H,2-3,5,10-13H2,1H3. The molecule has 4 nitrogen and oxygen atoms in total.